The number of benzene rings is 5. The fourth-order valence-electron chi connectivity index (χ4n) is 7.64. The normalized spacial score (nSPS) is 19.0. The number of nitrogens with one attached hydrogen (secondary N) is 1. The lowest BCUT2D eigenvalue weighted by atomic mass is 9.76. The predicted molar refractivity (Wildman–Crippen MR) is 197 cm³/mol. The molecule has 260 valence electrons. The van der Waals surface area contributed by atoms with E-state index in [0.29, 0.717) is 22.7 Å². The van der Waals surface area contributed by atoms with Crippen LogP contribution in [0.4, 0.5) is 20.6 Å². The number of ether oxygens (including phenoxy) is 2. The number of hydrogen-bond donors (Lipinski definition) is 1. The van der Waals surface area contributed by atoms with E-state index in [0.717, 1.165) is 53.2 Å². The van der Waals surface area contributed by atoms with Crippen LogP contribution >= 0.6 is 0 Å². The Morgan fingerprint density at radius 3 is 2.00 bits per heavy atom. The van der Waals surface area contributed by atoms with Gasteiger partial charge < -0.3 is 14.4 Å². The summed E-state index contributed by atoms with van der Waals surface area (Å²) < 4.78 is 25.0. The van der Waals surface area contributed by atoms with Crippen LogP contribution < -0.4 is 24.6 Å². The third-order valence-electron chi connectivity index (χ3n) is 10.2. The van der Waals surface area contributed by atoms with Crippen LogP contribution in [-0.2, 0) is 16.2 Å². The molecule has 3 aliphatic rings. The molecule has 1 fully saturated rings. The van der Waals surface area contributed by atoms with E-state index < -0.39 is 17.8 Å². The minimum atomic E-state index is -0.808. The maximum atomic E-state index is 14.4. The summed E-state index contributed by atoms with van der Waals surface area (Å²) in [6, 6.07) is 34.7. The van der Waals surface area contributed by atoms with Crippen LogP contribution in [0, 0.1) is 5.82 Å². The molecule has 8 rings (SSSR count). The first-order chi connectivity index (χ1) is 25.4. The molecule has 0 radical (unpaired) electrons. The van der Waals surface area contributed by atoms with E-state index in [9.17, 15) is 18.8 Å². The van der Waals surface area contributed by atoms with Crippen molar-refractivity contribution >= 4 is 35.3 Å². The number of imide groups is 2. The Bertz CT molecular complexity index is 2130. The van der Waals surface area contributed by atoms with Gasteiger partial charge in [-0.3, -0.25) is 14.9 Å². The van der Waals surface area contributed by atoms with Crippen LogP contribution in [0.1, 0.15) is 58.1 Å². The number of carbonyl (C=O) groups is 3. The number of anilines is 2. The summed E-state index contributed by atoms with van der Waals surface area (Å²) >= 11 is 0. The molecule has 8 nitrogen and oxygen atoms in total. The molecular weight excluding hydrogens is 657 g/mol. The van der Waals surface area contributed by atoms with Crippen molar-refractivity contribution in [3.05, 3.63) is 160 Å². The van der Waals surface area contributed by atoms with E-state index in [1.807, 2.05) is 48.5 Å². The van der Waals surface area contributed by atoms with E-state index >= 15 is 0 Å². The summed E-state index contributed by atoms with van der Waals surface area (Å²) in [4.78, 5) is 44.9. The van der Waals surface area contributed by atoms with Crippen molar-refractivity contribution in [3.63, 3.8) is 0 Å². The Kier molecular flexibility index (Phi) is 8.76. The maximum absolute atomic E-state index is 14.4. The highest BCUT2D eigenvalue weighted by Crippen LogP contribution is 2.50. The molecule has 52 heavy (non-hydrogen) atoms. The zero-order chi connectivity index (χ0) is 35.8. The van der Waals surface area contributed by atoms with Gasteiger partial charge in [-0.1, -0.05) is 72.8 Å². The van der Waals surface area contributed by atoms with Crippen molar-refractivity contribution in [2.75, 3.05) is 30.0 Å². The number of barbiturate groups is 1. The summed E-state index contributed by atoms with van der Waals surface area (Å²) in [5.74, 6) is -0.942. The van der Waals surface area contributed by atoms with E-state index in [-0.39, 0.29) is 29.8 Å². The van der Waals surface area contributed by atoms with Gasteiger partial charge in [0.2, 0.25) is 0 Å². The highest BCUT2D eigenvalue weighted by atomic mass is 19.1. The zero-order valence-corrected chi connectivity index (χ0v) is 28.6. The van der Waals surface area contributed by atoms with Gasteiger partial charge in [0, 0.05) is 42.2 Å². The molecule has 0 unspecified atom stereocenters. The van der Waals surface area contributed by atoms with Crippen molar-refractivity contribution in [1.29, 1.82) is 0 Å². The fourth-order valence-corrected chi connectivity index (χ4v) is 7.64. The average molecular weight is 694 g/mol. The van der Waals surface area contributed by atoms with Crippen molar-refractivity contribution in [2.45, 2.75) is 31.3 Å². The van der Waals surface area contributed by atoms with E-state index in [1.165, 1.54) is 36.4 Å². The number of nitrogens with zero attached hydrogens (tertiary/aromatic N) is 2. The van der Waals surface area contributed by atoms with Crippen molar-refractivity contribution in [2.24, 2.45) is 0 Å². The van der Waals surface area contributed by atoms with Crippen LogP contribution in [-0.4, -0.2) is 38.0 Å². The molecule has 3 heterocycles. The number of carbonyl (C=O) groups excluding carboxylic acids is 3. The number of amides is 4. The van der Waals surface area contributed by atoms with Gasteiger partial charge >= 0.3 is 6.03 Å². The van der Waals surface area contributed by atoms with Crippen LogP contribution in [0.5, 0.6) is 11.5 Å². The topological polar surface area (TPSA) is 88.2 Å². The minimum absolute atomic E-state index is 0.0559. The van der Waals surface area contributed by atoms with E-state index in [4.69, 9.17) is 9.47 Å². The van der Waals surface area contributed by atoms with Gasteiger partial charge in [-0.15, -0.1) is 0 Å². The molecule has 5 aromatic rings. The quantitative estimate of drug-likeness (QED) is 0.131. The molecule has 0 aromatic heterocycles. The second-order valence-corrected chi connectivity index (χ2v) is 13.2. The van der Waals surface area contributed by atoms with Crippen molar-refractivity contribution in [1.82, 2.24) is 5.32 Å². The predicted octanol–water partition coefficient (Wildman–Crippen LogP) is 7.96. The lowest BCUT2D eigenvalue weighted by Gasteiger charge is -2.44. The third kappa shape index (κ3) is 6.19. The van der Waals surface area contributed by atoms with Crippen molar-refractivity contribution in [3.8, 4) is 11.5 Å². The molecule has 1 saturated heterocycles. The monoisotopic (exact) mass is 693 g/mol. The van der Waals surface area contributed by atoms with Gasteiger partial charge in [-0.2, -0.15) is 0 Å². The number of urea groups is 1. The average Bonchev–Trinajstić information content (AvgIpc) is 3.17. The van der Waals surface area contributed by atoms with Gasteiger partial charge in [0.05, 0.1) is 12.8 Å². The molecule has 3 aliphatic heterocycles. The lowest BCUT2D eigenvalue weighted by molar-refractivity contribution is -0.122. The Hall–Kier alpha value is -6.22. The standard InChI is InChI=1S/C43H36FN3O5/c1-51-33-17-14-30(39(25-33)52-26-27-12-15-31(44)16-13-27)22-38-41(48)45-43(50)47(42(38)49)32-23-36-34(28-8-4-2-5-9-28)18-20-46-21-19-35(37(24-32)40(36)46)29-10-6-3-7-11-29/h2-17,22-25,34-35H,18-21,26H2,1H3,(H,45,48,50)/b38-22+/t34-,35+. The van der Waals surface area contributed by atoms with Gasteiger partial charge in [-0.05, 0) is 83.1 Å². The number of rotatable bonds is 8. The SMILES string of the molecule is COc1ccc(/C=C2\C(=O)NC(=O)N(c3cc4c5c(c3)[C@H](c3ccccc3)CCN5CC[C@@H]4c3ccccc3)C2=O)c(OCc2ccc(F)cc2)c1. The molecule has 2 atom stereocenters. The zero-order valence-electron chi connectivity index (χ0n) is 28.6. The first kappa shape index (κ1) is 33.0. The summed E-state index contributed by atoms with van der Waals surface area (Å²) in [6.45, 7) is 1.91. The minimum Gasteiger partial charge on any atom is -0.497 e. The second-order valence-electron chi connectivity index (χ2n) is 13.2. The first-order valence-electron chi connectivity index (χ1n) is 17.4. The Morgan fingerprint density at radius 1 is 0.788 bits per heavy atom. The fraction of sp³-hybridized carbons (Fsp3) is 0.186. The van der Waals surface area contributed by atoms with Crippen molar-refractivity contribution < 1.29 is 28.2 Å². The van der Waals surface area contributed by atoms with Crippen LogP contribution in [0.3, 0.4) is 0 Å². The molecule has 1 N–H and O–H groups in total. The largest absolute Gasteiger partial charge is 0.497 e. The Morgan fingerprint density at radius 2 is 1.40 bits per heavy atom. The van der Waals surface area contributed by atoms with E-state index in [1.54, 1.807) is 30.3 Å². The summed E-state index contributed by atoms with van der Waals surface area (Å²) in [7, 11) is 1.52. The molecule has 0 spiro atoms. The molecule has 4 amide bonds. The lowest BCUT2D eigenvalue weighted by Crippen LogP contribution is -2.54. The van der Waals surface area contributed by atoms with Gasteiger partial charge in [0.1, 0.15) is 29.5 Å². The molecule has 5 aromatic carbocycles. The number of halogens is 1. The molecular formula is C43H36FN3O5. The summed E-state index contributed by atoms with van der Waals surface area (Å²) in [6.07, 6.45) is 3.20. The Balaban J connectivity index is 1.21. The second kappa shape index (κ2) is 13.8. The van der Waals surface area contributed by atoms with Crippen LogP contribution in [0.15, 0.2) is 121 Å². The summed E-state index contributed by atoms with van der Waals surface area (Å²) in [5.41, 5.74) is 6.94. The van der Waals surface area contributed by atoms with Crippen LogP contribution in [0.2, 0.25) is 0 Å². The maximum Gasteiger partial charge on any atom is 0.335 e. The number of methoxy groups -OCH3 is 1. The first-order valence-corrected chi connectivity index (χ1v) is 17.4. The van der Waals surface area contributed by atoms with Crippen LogP contribution in [0.25, 0.3) is 6.08 Å². The van der Waals surface area contributed by atoms with E-state index in [2.05, 4.69) is 34.5 Å². The third-order valence-corrected chi connectivity index (χ3v) is 10.2. The highest BCUT2D eigenvalue weighted by molar-refractivity contribution is 6.39. The van der Waals surface area contributed by atoms with Gasteiger partial charge in [0.15, 0.2) is 0 Å². The molecule has 0 bridgehead atoms. The molecule has 0 saturated carbocycles. The van der Waals surface area contributed by atoms with Gasteiger partial charge in [0.25, 0.3) is 11.8 Å². The summed E-state index contributed by atoms with van der Waals surface area (Å²) in [5, 5.41) is 2.41. The highest BCUT2D eigenvalue weighted by Gasteiger charge is 2.40. The Labute approximate surface area is 301 Å². The smallest absolute Gasteiger partial charge is 0.335 e. The molecule has 9 heteroatoms. The molecule has 0 aliphatic carbocycles. The number of hydrogen-bond acceptors (Lipinski definition) is 6. The van der Waals surface area contributed by atoms with Gasteiger partial charge in [-0.25, -0.2) is 14.1 Å².